The Kier molecular flexibility index (Phi) is 5.94. The summed E-state index contributed by atoms with van der Waals surface area (Å²) in [6.45, 7) is 5.29. The van der Waals surface area contributed by atoms with E-state index in [1.54, 1.807) is 0 Å². The third kappa shape index (κ3) is 4.60. The van der Waals surface area contributed by atoms with Crippen LogP contribution in [0.3, 0.4) is 0 Å². The number of hydrogen-bond donors (Lipinski definition) is 2. The Morgan fingerprint density at radius 1 is 1.29 bits per heavy atom. The van der Waals surface area contributed by atoms with E-state index in [2.05, 4.69) is 47.9 Å². The van der Waals surface area contributed by atoms with Crippen LogP contribution in [0.4, 0.5) is 0 Å². The highest BCUT2D eigenvalue weighted by Crippen LogP contribution is 2.43. The quantitative estimate of drug-likeness (QED) is 0.804. The van der Waals surface area contributed by atoms with Gasteiger partial charge in [0.05, 0.1) is 0 Å². The van der Waals surface area contributed by atoms with Crippen LogP contribution in [-0.2, 0) is 11.2 Å². The molecule has 3 nitrogen and oxygen atoms in total. The highest BCUT2D eigenvalue weighted by atomic mass is 16.1. The maximum absolute atomic E-state index is 12.4. The lowest BCUT2D eigenvalue weighted by molar-refractivity contribution is -0.123. The second-order valence-electron chi connectivity index (χ2n) is 8.08. The third-order valence-corrected chi connectivity index (χ3v) is 6.14. The summed E-state index contributed by atoms with van der Waals surface area (Å²) < 4.78 is 0. The first-order valence-electron chi connectivity index (χ1n) is 9.68. The zero-order valence-electron chi connectivity index (χ0n) is 15.0. The minimum atomic E-state index is 0.243. The molecule has 132 valence electrons. The average molecular weight is 329 g/mol. The Labute approximate surface area is 146 Å². The molecular weight excluding hydrogens is 296 g/mol. The van der Waals surface area contributed by atoms with E-state index in [9.17, 15) is 4.79 Å². The third-order valence-electron chi connectivity index (χ3n) is 6.14. The van der Waals surface area contributed by atoms with E-state index in [1.165, 1.54) is 37.7 Å². The Morgan fingerprint density at radius 3 is 2.71 bits per heavy atom. The van der Waals surface area contributed by atoms with E-state index < -0.39 is 0 Å². The molecule has 1 saturated heterocycles. The van der Waals surface area contributed by atoms with Crippen LogP contribution in [-0.4, -0.2) is 25.5 Å². The number of carbonyl (C=O) groups is 1. The highest BCUT2D eigenvalue weighted by molar-refractivity contribution is 5.76. The van der Waals surface area contributed by atoms with Crippen molar-refractivity contribution >= 4 is 5.91 Å². The largest absolute Gasteiger partial charge is 0.356 e. The average Bonchev–Trinajstić information content (AvgIpc) is 2.59. The van der Waals surface area contributed by atoms with Gasteiger partial charge in [0.25, 0.3) is 0 Å². The molecule has 0 radical (unpaired) electrons. The van der Waals surface area contributed by atoms with Crippen molar-refractivity contribution < 1.29 is 4.79 Å². The molecule has 1 heterocycles. The molecule has 1 saturated carbocycles. The number of rotatable bonds is 7. The normalized spacial score (nSPS) is 24.0. The molecule has 0 spiro atoms. The van der Waals surface area contributed by atoms with Crippen LogP contribution in [0.15, 0.2) is 30.3 Å². The molecule has 1 aromatic rings. The van der Waals surface area contributed by atoms with Crippen LogP contribution in [0.1, 0.15) is 51.0 Å². The molecule has 1 aromatic carbocycles. The lowest BCUT2D eigenvalue weighted by atomic mass is 9.65. The summed E-state index contributed by atoms with van der Waals surface area (Å²) in [5.74, 6) is 1.38. The molecular formula is C21H32N2O. The van der Waals surface area contributed by atoms with Gasteiger partial charge >= 0.3 is 0 Å². The van der Waals surface area contributed by atoms with E-state index in [-0.39, 0.29) is 5.91 Å². The highest BCUT2D eigenvalue weighted by Gasteiger charge is 2.37. The zero-order valence-corrected chi connectivity index (χ0v) is 15.0. The van der Waals surface area contributed by atoms with Gasteiger partial charge in [-0.2, -0.15) is 0 Å². The van der Waals surface area contributed by atoms with Gasteiger partial charge < -0.3 is 10.6 Å². The summed E-state index contributed by atoms with van der Waals surface area (Å²) in [7, 11) is 0. The van der Waals surface area contributed by atoms with Crippen molar-refractivity contribution in [2.75, 3.05) is 19.6 Å². The van der Waals surface area contributed by atoms with E-state index in [4.69, 9.17) is 0 Å². The summed E-state index contributed by atoms with van der Waals surface area (Å²) in [4.78, 5) is 12.4. The molecule has 24 heavy (non-hydrogen) atoms. The van der Waals surface area contributed by atoms with Crippen molar-refractivity contribution in [3.05, 3.63) is 35.9 Å². The second kappa shape index (κ2) is 8.15. The number of piperidine rings is 1. The monoisotopic (exact) mass is 328 g/mol. The van der Waals surface area contributed by atoms with Gasteiger partial charge in [-0.1, -0.05) is 43.7 Å². The predicted octanol–water partition coefficient (Wildman–Crippen LogP) is 3.54. The van der Waals surface area contributed by atoms with Gasteiger partial charge in [-0.3, -0.25) is 4.79 Å². The maximum atomic E-state index is 12.4. The standard InChI is InChI=1S/C21H32N2O/c1-17(19-9-5-12-22-15-19)13-20(24)23-16-21(10-6-11-21)14-18-7-3-2-4-8-18/h2-4,7-8,17,19,22H,5-6,9-16H2,1H3,(H,23,24). The fourth-order valence-corrected chi connectivity index (χ4v) is 4.30. The summed E-state index contributed by atoms with van der Waals surface area (Å²) >= 11 is 0. The van der Waals surface area contributed by atoms with Crippen LogP contribution in [0.2, 0.25) is 0 Å². The van der Waals surface area contributed by atoms with Gasteiger partial charge in [0.1, 0.15) is 0 Å². The zero-order chi connectivity index (χ0) is 16.8. The van der Waals surface area contributed by atoms with Gasteiger partial charge in [0.15, 0.2) is 0 Å². The number of hydrogen-bond acceptors (Lipinski definition) is 2. The Morgan fingerprint density at radius 2 is 2.08 bits per heavy atom. The molecule has 1 amide bonds. The molecule has 0 aromatic heterocycles. The van der Waals surface area contributed by atoms with Crippen molar-refractivity contribution in [1.82, 2.24) is 10.6 Å². The second-order valence-corrected chi connectivity index (χ2v) is 8.08. The van der Waals surface area contributed by atoms with E-state index in [0.717, 1.165) is 26.1 Å². The van der Waals surface area contributed by atoms with E-state index in [1.807, 2.05) is 0 Å². The van der Waals surface area contributed by atoms with Crippen molar-refractivity contribution in [3.63, 3.8) is 0 Å². The fourth-order valence-electron chi connectivity index (χ4n) is 4.30. The van der Waals surface area contributed by atoms with Crippen molar-refractivity contribution in [3.8, 4) is 0 Å². The van der Waals surface area contributed by atoms with Crippen molar-refractivity contribution in [2.45, 2.75) is 51.9 Å². The molecule has 0 bridgehead atoms. The summed E-state index contributed by atoms with van der Waals surface area (Å²) in [5.41, 5.74) is 1.69. The van der Waals surface area contributed by atoms with Crippen LogP contribution >= 0.6 is 0 Å². The van der Waals surface area contributed by atoms with Crippen LogP contribution in [0.5, 0.6) is 0 Å². The lowest BCUT2D eigenvalue weighted by Crippen LogP contribution is -2.44. The number of benzene rings is 1. The van der Waals surface area contributed by atoms with Crippen LogP contribution in [0.25, 0.3) is 0 Å². The Bertz CT molecular complexity index is 518. The first-order chi connectivity index (χ1) is 11.7. The Hall–Kier alpha value is -1.35. The van der Waals surface area contributed by atoms with Crippen molar-refractivity contribution in [1.29, 1.82) is 0 Å². The van der Waals surface area contributed by atoms with Crippen LogP contribution < -0.4 is 10.6 Å². The molecule has 3 rings (SSSR count). The van der Waals surface area contributed by atoms with Gasteiger partial charge in [-0.05, 0) is 68.0 Å². The lowest BCUT2D eigenvalue weighted by Gasteiger charge is -2.42. The molecule has 3 heteroatoms. The SMILES string of the molecule is CC(CC(=O)NCC1(Cc2ccccc2)CCC1)C1CCCNC1. The van der Waals surface area contributed by atoms with Crippen LogP contribution in [0, 0.1) is 17.3 Å². The minimum Gasteiger partial charge on any atom is -0.356 e. The van der Waals surface area contributed by atoms with Gasteiger partial charge in [0, 0.05) is 13.0 Å². The van der Waals surface area contributed by atoms with Crippen molar-refractivity contribution in [2.24, 2.45) is 17.3 Å². The van der Waals surface area contributed by atoms with Gasteiger partial charge in [-0.15, -0.1) is 0 Å². The number of nitrogens with one attached hydrogen (secondary N) is 2. The first kappa shape index (κ1) is 17.5. The number of carbonyl (C=O) groups excluding carboxylic acids is 1. The van der Waals surface area contributed by atoms with Gasteiger partial charge in [-0.25, -0.2) is 0 Å². The minimum absolute atomic E-state index is 0.243. The fraction of sp³-hybridized carbons (Fsp3) is 0.667. The number of amides is 1. The molecule has 2 aliphatic rings. The molecule has 2 atom stereocenters. The topological polar surface area (TPSA) is 41.1 Å². The Balaban J connectivity index is 1.45. The maximum Gasteiger partial charge on any atom is 0.220 e. The first-order valence-corrected chi connectivity index (χ1v) is 9.68. The predicted molar refractivity (Wildman–Crippen MR) is 98.8 cm³/mol. The molecule has 1 aliphatic heterocycles. The summed E-state index contributed by atoms with van der Waals surface area (Å²) in [5, 5.41) is 6.72. The summed E-state index contributed by atoms with van der Waals surface area (Å²) in [6, 6.07) is 10.7. The molecule has 1 aliphatic carbocycles. The molecule has 2 fully saturated rings. The van der Waals surface area contributed by atoms with Gasteiger partial charge in [0.2, 0.25) is 5.91 Å². The molecule has 2 unspecified atom stereocenters. The molecule has 2 N–H and O–H groups in total. The van der Waals surface area contributed by atoms with E-state index in [0.29, 0.717) is 23.7 Å². The summed E-state index contributed by atoms with van der Waals surface area (Å²) in [6.07, 6.45) is 8.06. The van der Waals surface area contributed by atoms with E-state index >= 15 is 0 Å². The smallest absolute Gasteiger partial charge is 0.220 e.